The number of nitrogens with zero attached hydrogens (tertiary/aromatic N) is 4. The van der Waals surface area contributed by atoms with E-state index in [1.807, 2.05) is 18.5 Å². The molecule has 0 bridgehead atoms. The molecule has 0 atom stereocenters. The summed E-state index contributed by atoms with van der Waals surface area (Å²) >= 11 is 1.43. The van der Waals surface area contributed by atoms with Crippen molar-refractivity contribution < 1.29 is 0 Å². The van der Waals surface area contributed by atoms with Crippen LogP contribution in [-0.4, -0.2) is 26.5 Å². The quantitative estimate of drug-likeness (QED) is 0.638. The van der Waals surface area contributed by atoms with Crippen LogP contribution in [-0.2, 0) is 6.54 Å². The smallest absolute Gasteiger partial charge is 0.193 e. The molecule has 2 heterocycles. The van der Waals surface area contributed by atoms with Gasteiger partial charge in [0.05, 0.1) is 0 Å². The lowest BCUT2D eigenvalue weighted by atomic mass is 10.3. The molecule has 0 radical (unpaired) electrons. The summed E-state index contributed by atoms with van der Waals surface area (Å²) in [6.07, 6.45) is 6.88. The van der Waals surface area contributed by atoms with Crippen LogP contribution in [0.2, 0.25) is 0 Å². The molecular formula is C11H13N5S. The second kappa shape index (κ2) is 6.27. The van der Waals surface area contributed by atoms with Crippen molar-refractivity contribution in [2.45, 2.75) is 23.7 Å². The van der Waals surface area contributed by atoms with Gasteiger partial charge in [0.25, 0.3) is 0 Å². The summed E-state index contributed by atoms with van der Waals surface area (Å²) < 4.78 is 0. The van der Waals surface area contributed by atoms with E-state index < -0.39 is 0 Å². The van der Waals surface area contributed by atoms with E-state index in [1.54, 1.807) is 6.20 Å². The Balaban J connectivity index is 1.98. The van der Waals surface area contributed by atoms with Gasteiger partial charge in [-0.1, -0.05) is 6.92 Å². The number of hydrogen-bond acceptors (Lipinski definition) is 6. The van der Waals surface area contributed by atoms with E-state index in [9.17, 15) is 0 Å². The second-order valence-electron chi connectivity index (χ2n) is 3.30. The van der Waals surface area contributed by atoms with E-state index in [0.29, 0.717) is 5.16 Å². The lowest BCUT2D eigenvalue weighted by Gasteiger charge is -2.02. The van der Waals surface area contributed by atoms with E-state index >= 15 is 0 Å². The zero-order valence-electron chi connectivity index (χ0n) is 9.50. The predicted molar refractivity (Wildman–Crippen MR) is 65.6 cm³/mol. The molecule has 0 aromatic carbocycles. The van der Waals surface area contributed by atoms with Crippen LogP contribution in [0.25, 0.3) is 0 Å². The maximum absolute atomic E-state index is 4.28. The SMILES string of the molecule is CCNCc1cnc(Sc2ccncn2)nc1. The van der Waals surface area contributed by atoms with Gasteiger partial charge in [-0.25, -0.2) is 19.9 Å². The van der Waals surface area contributed by atoms with E-state index in [0.717, 1.165) is 23.7 Å². The van der Waals surface area contributed by atoms with Crippen LogP contribution >= 0.6 is 11.8 Å². The summed E-state index contributed by atoms with van der Waals surface area (Å²) in [7, 11) is 0. The van der Waals surface area contributed by atoms with Crippen LogP contribution in [0.4, 0.5) is 0 Å². The monoisotopic (exact) mass is 247 g/mol. The van der Waals surface area contributed by atoms with Crippen molar-refractivity contribution in [2.24, 2.45) is 0 Å². The average Bonchev–Trinajstić information content (AvgIpc) is 2.39. The van der Waals surface area contributed by atoms with Crippen molar-refractivity contribution in [3.8, 4) is 0 Å². The lowest BCUT2D eigenvalue weighted by Crippen LogP contribution is -2.12. The number of rotatable bonds is 5. The highest BCUT2D eigenvalue weighted by Crippen LogP contribution is 2.20. The van der Waals surface area contributed by atoms with Gasteiger partial charge in [-0.05, 0) is 24.4 Å². The Kier molecular flexibility index (Phi) is 4.40. The van der Waals surface area contributed by atoms with Crippen molar-refractivity contribution in [2.75, 3.05) is 6.54 Å². The third-order valence-electron chi connectivity index (χ3n) is 2.01. The molecule has 17 heavy (non-hydrogen) atoms. The summed E-state index contributed by atoms with van der Waals surface area (Å²) in [5.74, 6) is 0. The summed E-state index contributed by atoms with van der Waals surface area (Å²) in [6.45, 7) is 3.81. The molecular weight excluding hydrogens is 234 g/mol. The highest BCUT2D eigenvalue weighted by Gasteiger charge is 2.01. The third kappa shape index (κ3) is 3.76. The third-order valence-corrected chi connectivity index (χ3v) is 2.86. The molecule has 0 saturated carbocycles. The van der Waals surface area contributed by atoms with Crippen molar-refractivity contribution in [1.29, 1.82) is 0 Å². The Morgan fingerprint density at radius 1 is 1.24 bits per heavy atom. The molecule has 2 rings (SSSR count). The Morgan fingerprint density at radius 3 is 2.71 bits per heavy atom. The summed E-state index contributed by atoms with van der Waals surface area (Å²) in [6, 6.07) is 1.83. The fourth-order valence-electron chi connectivity index (χ4n) is 1.19. The normalized spacial score (nSPS) is 10.4. The molecule has 0 spiro atoms. The van der Waals surface area contributed by atoms with Crippen LogP contribution in [0.5, 0.6) is 0 Å². The molecule has 0 unspecified atom stereocenters. The fourth-order valence-corrected chi connectivity index (χ4v) is 1.82. The van der Waals surface area contributed by atoms with Gasteiger partial charge in [-0.2, -0.15) is 0 Å². The Labute approximate surface area is 104 Å². The number of hydrogen-bond donors (Lipinski definition) is 1. The molecule has 0 aliphatic heterocycles. The average molecular weight is 247 g/mol. The van der Waals surface area contributed by atoms with Crippen LogP contribution in [0.3, 0.4) is 0 Å². The van der Waals surface area contributed by atoms with Gasteiger partial charge in [-0.3, -0.25) is 0 Å². The highest BCUT2D eigenvalue weighted by atomic mass is 32.2. The van der Waals surface area contributed by atoms with Crippen LogP contribution in [0.15, 0.2) is 41.2 Å². The maximum atomic E-state index is 4.28. The zero-order valence-corrected chi connectivity index (χ0v) is 10.3. The largest absolute Gasteiger partial charge is 0.313 e. The molecule has 2 aromatic heterocycles. The van der Waals surface area contributed by atoms with Crippen molar-refractivity contribution in [1.82, 2.24) is 25.3 Å². The van der Waals surface area contributed by atoms with Crippen LogP contribution in [0.1, 0.15) is 12.5 Å². The fraction of sp³-hybridized carbons (Fsp3) is 0.273. The Hall–Kier alpha value is -1.53. The van der Waals surface area contributed by atoms with Crippen molar-refractivity contribution >= 4 is 11.8 Å². The Bertz CT molecular complexity index is 445. The first kappa shape index (κ1) is 11.9. The molecule has 0 saturated heterocycles. The van der Waals surface area contributed by atoms with Crippen LogP contribution in [0, 0.1) is 0 Å². The summed E-state index contributed by atoms with van der Waals surface area (Å²) in [4.78, 5) is 16.5. The molecule has 0 aliphatic rings. The van der Waals surface area contributed by atoms with Gasteiger partial charge in [0.1, 0.15) is 11.4 Å². The molecule has 0 amide bonds. The first-order chi connectivity index (χ1) is 8.38. The summed E-state index contributed by atoms with van der Waals surface area (Å²) in [5, 5.41) is 4.77. The van der Waals surface area contributed by atoms with Gasteiger partial charge < -0.3 is 5.32 Å². The van der Waals surface area contributed by atoms with Crippen LogP contribution < -0.4 is 5.32 Å². The zero-order chi connectivity index (χ0) is 11.9. The second-order valence-corrected chi connectivity index (χ2v) is 4.29. The maximum Gasteiger partial charge on any atom is 0.193 e. The first-order valence-corrected chi connectivity index (χ1v) is 6.15. The van der Waals surface area contributed by atoms with Gasteiger partial charge in [0.15, 0.2) is 5.16 Å². The summed E-state index contributed by atoms with van der Waals surface area (Å²) in [5.41, 5.74) is 1.08. The minimum atomic E-state index is 0.698. The van der Waals surface area contributed by atoms with E-state index in [4.69, 9.17) is 0 Å². The Morgan fingerprint density at radius 2 is 2.06 bits per heavy atom. The first-order valence-electron chi connectivity index (χ1n) is 5.34. The van der Waals surface area contributed by atoms with Crippen molar-refractivity contribution in [3.05, 3.63) is 36.5 Å². The van der Waals surface area contributed by atoms with Gasteiger partial charge in [0.2, 0.25) is 0 Å². The molecule has 5 nitrogen and oxygen atoms in total. The highest BCUT2D eigenvalue weighted by molar-refractivity contribution is 7.99. The molecule has 2 aromatic rings. The number of aromatic nitrogens is 4. The van der Waals surface area contributed by atoms with Gasteiger partial charge in [-0.15, -0.1) is 0 Å². The van der Waals surface area contributed by atoms with Gasteiger partial charge >= 0.3 is 0 Å². The van der Waals surface area contributed by atoms with E-state index in [-0.39, 0.29) is 0 Å². The lowest BCUT2D eigenvalue weighted by molar-refractivity contribution is 0.716. The molecule has 88 valence electrons. The minimum Gasteiger partial charge on any atom is -0.313 e. The molecule has 0 aliphatic carbocycles. The van der Waals surface area contributed by atoms with Gasteiger partial charge in [0, 0.05) is 30.7 Å². The van der Waals surface area contributed by atoms with Crippen molar-refractivity contribution in [3.63, 3.8) is 0 Å². The molecule has 6 heteroatoms. The van der Waals surface area contributed by atoms with E-state index in [2.05, 4.69) is 32.2 Å². The minimum absolute atomic E-state index is 0.698. The topological polar surface area (TPSA) is 63.6 Å². The van der Waals surface area contributed by atoms with E-state index in [1.165, 1.54) is 18.1 Å². The molecule has 1 N–H and O–H groups in total. The standard InChI is InChI=1S/C11H13N5S/c1-2-12-5-9-6-14-11(15-7-9)17-10-3-4-13-8-16-10/h3-4,6-8,12H,2,5H2,1H3. The predicted octanol–water partition coefficient (Wildman–Crippen LogP) is 1.53. The molecule has 0 fully saturated rings. The number of nitrogens with one attached hydrogen (secondary N) is 1.